The van der Waals surface area contributed by atoms with Gasteiger partial charge in [0, 0.05) is 37.8 Å². The number of carbonyl (C=O) groups excluding carboxylic acids is 2. The summed E-state index contributed by atoms with van der Waals surface area (Å²) in [7, 11) is 3.52. The fraction of sp³-hybridized carbons (Fsp3) is 0.615. The summed E-state index contributed by atoms with van der Waals surface area (Å²) in [5.74, 6) is -0.206. The molecule has 0 fully saturated rings. The molecule has 0 aliphatic rings. The molecule has 8 heteroatoms. The second kappa shape index (κ2) is 9.36. The van der Waals surface area contributed by atoms with Crippen molar-refractivity contribution in [3.8, 4) is 0 Å². The van der Waals surface area contributed by atoms with E-state index in [1.165, 1.54) is 0 Å². The van der Waals surface area contributed by atoms with Crippen molar-refractivity contribution < 1.29 is 9.59 Å². The van der Waals surface area contributed by atoms with Gasteiger partial charge < -0.3 is 16.0 Å². The number of carbonyl (C=O) groups is 2. The van der Waals surface area contributed by atoms with Crippen LogP contribution in [0.15, 0.2) is 12.4 Å². The van der Waals surface area contributed by atoms with E-state index in [1.807, 2.05) is 13.8 Å². The van der Waals surface area contributed by atoms with Crippen LogP contribution in [0.5, 0.6) is 0 Å². The molecule has 21 heavy (non-hydrogen) atoms. The van der Waals surface area contributed by atoms with Crippen LogP contribution in [0.3, 0.4) is 0 Å². The molecule has 1 aromatic heterocycles. The van der Waals surface area contributed by atoms with Crippen molar-refractivity contribution in [1.82, 2.24) is 25.7 Å². The Balaban J connectivity index is 0.00000400. The second-order valence-corrected chi connectivity index (χ2v) is 4.91. The van der Waals surface area contributed by atoms with Gasteiger partial charge in [-0.2, -0.15) is 5.10 Å². The molecule has 120 valence electrons. The van der Waals surface area contributed by atoms with Crippen molar-refractivity contribution >= 4 is 24.2 Å². The molecule has 1 aromatic rings. The van der Waals surface area contributed by atoms with Gasteiger partial charge >= 0.3 is 0 Å². The van der Waals surface area contributed by atoms with Crippen molar-refractivity contribution in [1.29, 1.82) is 0 Å². The third-order valence-corrected chi connectivity index (χ3v) is 2.86. The van der Waals surface area contributed by atoms with Gasteiger partial charge in [0.1, 0.15) is 6.04 Å². The standard InChI is InChI=1S/C13H23N5O2.ClH/c1-9(2)12(19)15-5-6-16-13(20)11(14-3)10-7-17-18(4)8-10;/h7-9,11,14H,5-6H2,1-4H3,(H,15,19)(H,16,20);1H. The van der Waals surface area contributed by atoms with Gasteiger partial charge in [0.2, 0.25) is 11.8 Å². The van der Waals surface area contributed by atoms with E-state index in [-0.39, 0.29) is 30.1 Å². The number of nitrogens with zero attached hydrogens (tertiary/aromatic N) is 2. The largest absolute Gasteiger partial charge is 0.354 e. The molecule has 7 nitrogen and oxygen atoms in total. The lowest BCUT2D eigenvalue weighted by Crippen LogP contribution is -2.40. The number of amides is 2. The minimum atomic E-state index is -0.440. The third kappa shape index (κ3) is 6.14. The van der Waals surface area contributed by atoms with E-state index in [2.05, 4.69) is 21.0 Å². The summed E-state index contributed by atoms with van der Waals surface area (Å²) >= 11 is 0. The molecule has 1 unspecified atom stereocenters. The molecule has 0 saturated carbocycles. The predicted octanol–water partition coefficient (Wildman–Crippen LogP) is -0.00920. The van der Waals surface area contributed by atoms with Crippen LogP contribution < -0.4 is 16.0 Å². The van der Waals surface area contributed by atoms with Crippen molar-refractivity contribution in [3.63, 3.8) is 0 Å². The van der Waals surface area contributed by atoms with Gasteiger partial charge in [-0.1, -0.05) is 13.8 Å². The van der Waals surface area contributed by atoms with Crippen molar-refractivity contribution in [2.24, 2.45) is 13.0 Å². The molecule has 2 amide bonds. The van der Waals surface area contributed by atoms with Gasteiger partial charge in [0.05, 0.1) is 6.20 Å². The summed E-state index contributed by atoms with van der Waals surface area (Å²) in [6.45, 7) is 4.47. The van der Waals surface area contributed by atoms with Gasteiger partial charge in [0.25, 0.3) is 0 Å². The number of hydrogen-bond acceptors (Lipinski definition) is 4. The molecule has 0 aromatic carbocycles. The lowest BCUT2D eigenvalue weighted by atomic mass is 10.1. The van der Waals surface area contributed by atoms with Crippen LogP contribution in [0, 0.1) is 5.92 Å². The smallest absolute Gasteiger partial charge is 0.241 e. The molecule has 0 spiro atoms. The number of nitrogens with one attached hydrogen (secondary N) is 3. The monoisotopic (exact) mass is 317 g/mol. The molecule has 0 saturated heterocycles. The highest BCUT2D eigenvalue weighted by molar-refractivity contribution is 5.85. The number of aromatic nitrogens is 2. The minimum Gasteiger partial charge on any atom is -0.354 e. The Morgan fingerprint density at radius 2 is 1.81 bits per heavy atom. The van der Waals surface area contributed by atoms with Gasteiger partial charge in [-0.05, 0) is 7.05 Å². The number of likely N-dealkylation sites (N-methyl/N-ethyl adjacent to an activating group) is 1. The van der Waals surface area contributed by atoms with Gasteiger partial charge in [-0.25, -0.2) is 0 Å². The molecular weight excluding hydrogens is 294 g/mol. The van der Waals surface area contributed by atoms with Crippen LogP contribution in [-0.2, 0) is 16.6 Å². The predicted molar refractivity (Wildman–Crippen MR) is 83.1 cm³/mol. The van der Waals surface area contributed by atoms with Crippen LogP contribution in [0.2, 0.25) is 0 Å². The first kappa shape index (κ1) is 19.4. The molecule has 1 rings (SSSR count). The van der Waals surface area contributed by atoms with Crippen LogP contribution in [0.4, 0.5) is 0 Å². The Bertz CT molecular complexity index is 461. The lowest BCUT2D eigenvalue weighted by molar-refractivity contribution is -0.125. The SMILES string of the molecule is CNC(C(=O)NCCNC(=O)C(C)C)c1cnn(C)c1.Cl. The molecule has 0 aliphatic carbocycles. The lowest BCUT2D eigenvalue weighted by Gasteiger charge is -2.15. The maximum atomic E-state index is 12.0. The molecule has 0 aliphatic heterocycles. The first-order chi connectivity index (χ1) is 9.45. The average Bonchev–Trinajstić information content (AvgIpc) is 2.81. The van der Waals surface area contributed by atoms with E-state index in [9.17, 15) is 9.59 Å². The molecule has 1 atom stereocenters. The maximum absolute atomic E-state index is 12.0. The van der Waals surface area contributed by atoms with Gasteiger partial charge in [-0.3, -0.25) is 14.3 Å². The van der Waals surface area contributed by atoms with Crippen LogP contribution in [-0.4, -0.2) is 41.7 Å². The highest BCUT2D eigenvalue weighted by Crippen LogP contribution is 2.10. The van der Waals surface area contributed by atoms with E-state index in [0.29, 0.717) is 13.1 Å². The van der Waals surface area contributed by atoms with Crippen molar-refractivity contribution in [2.75, 3.05) is 20.1 Å². The maximum Gasteiger partial charge on any atom is 0.241 e. The van der Waals surface area contributed by atoms with Crippen molar-refractivity contribution in [2.45, 2.75) is 19.9 Å². The van der Waals surface area contributed by atoms with Crippen LogP contribution in [0.1, 0.15) is 25.5 Å². The quantitative estimate of drug-likeness (QED) is 0.617. The molecular formula is C13H24ClN5O2. The molecule has 1 heterocycles. The zero-order chi connectivity index (χ0) is 15.1. The van der Waals surface area contributed by atoms with Crippen molar-refractivity contribution in [3.05, 3.63) is 18.0 Å². The summed E-state index contributed by atoms with van der Waals surface area (Å²) < 4.78 is 1.65. The van der Waals surface area contributed by atoms with E-state index in [4.69, 9.17) is 0 Å². The Hall–Kier alpha value is -1.60. The topological polar surface area (TPSA) is 88.1 Å². The second-order valence-electron chi connectivity index (χ2n) is 4.91. The Kier molecular flexibility index (Phi) is 8.64. The number of halogens is 1. The van der Waals surface area contributed by atoms with E-state index < -0.39 is 6.04 Å². The number of hydrogen-bond donors (Lipinski definition) is 3. The minimum absolute atomic E-state index is 0. The highest BCUT2D eigenvalue weighted by atomic mass is 35.5. The fourth-order valence-electron chi connectivity index (χ4n) is 1.72. The highest BCUT2D eigenvalue weighted by Gasteiger charge is 2.19. The fourth-order valence-corrected chi connectivity index (χ4v) is 1.72. The molecule has 0 radical (unpaired) electrons. The normalized spacial score (nSPS) is 11.7. The molecule has 3 N–H and O–H groups in total. The summed E-state index contributed by atoms with van der Waals surface area (Å²) in [5.41, 5.74) is 0.804. The Morgan fingerprint density at radius 1 is 1.24 bits per heavy atom. The summed E-state index contributed by atoms with van der Waals surface area (Å²) in [6, 6.07) is -0.440. The number of aryl methyl sites for hydroxylation is 1. The summed E-state index contributed by atoms with van der Waals surface area (Å²) in [4.78, 5) is 23.4. The average molecular weight is 318 g/mol. The molecule has 0 bridgehead atoms. The van der Waals surface area contributed by atoms with Gasteiger partial charge in [0.15, 0.2) is 0 Å². The van der Waals surface area contributed by atoms with E-state index >= 15 is 0 Å². The first-order valence-electron chi connectivity index (χ1n) is 6.67. The zero-order valence-corrected chi connectivity index (χ0v) is 13.7. The Labute approximate surface area is 131 Å². The third-order valence-electron chi connectivity index (χ3n) is 2.86. The van der Waals surface area contributed by atoms with Gasteiger partial charge in [-0.15, -0.1) is 12.4 Å². The van der Waals surface area contributed by atoms with E-state index in [1.54, 1.807) is 31.2 Å². The first-order valence-corrected chi connectivity index (χ1v) is 6.67. The van der Waals surface area contributed by atoms with Crippen LogP contribution >= 0.6 is 12.4 Å². The Morgan fingerprint density at radius 3 is 2.24 bits per heavy atom. The summed E-state index contributed by atoms with van der Waals surface area (Å²) in [6.07, 6.45) is 3.45. The zero-order valence-electron chi connectivity index (χ0n) is 12.8. The van der Waals surface area contributed by atoms with Crippen LogP contribution in [0.25, 0.3) is 0 Å². The summed E-state index contributed by atoms with van der Waals surface area (Å²) in [5, 5.41) is 12.5. The number of rotatable bonds is 7. The van der Waals surface area contributed by atoms with E-state index in [0.717, 1.165) is 5.56 Å².